The van der Waals surface area contributed by atoms with Gasteiger partial charge in [0.25, 0.3) is 0 Å². The van der Waals surface area contributed by atoms with Crippen LogP contribution in [0.15, 0.2) is 24.4 Å². The summed E-state index contributed by atoms with van der Waals surface area (Å²) in [7, 11) is 0. The summed E-state index contributed by atoms with van der Waals surface area (Å²) in [6, 6.07) is 5.08. The molecule has 1 aromatic heterocycles. The average Bonchev–Trinajstić information content (AvgIpc) is 2.36. The molecule has 0 atom stereocenters. The van der Waals surface area contributed by atoms with E-state index in [-0.39, 0.29) is 12.2 Å². The lowest BCUT2D eigenvalue weighted by atomic mass is 10.1. The van der Waals surface area contributed by atoms with Crippen molar-refractivity contribution in [3.8, 4) is 17.6 Å². The van der Waals surface area contributed by atoms with Gasteiger partial charge in [0.1, 0.15) is 11.8 Å². The van der Waals surface area contributed by atoms with Gasteiger partial charge in [-0.05, 0) is 18.2 Å². The van der Waals surface area contributed by atoms with Gasteiger partial charge in [-0.3, -0.25) is 4.98 Å². The molecule has 0 aliphatic carbocycles. The lowest BCUT2D eigenvalue weighted by Crippen LogP contribution is -1.85. The van der Waals surface area contributed by atoms with Crippen molar-refractivity contribution in [3.63, 3.8) is 0 Å². The van der Waals surface area contributed by atoms with Crippen LogP contribution in [0.5, 0.6) is 5.75 Å². The largest absolute Gasteiger partial charge is 0.504 e. The predicted molar refractivity (Wildman–Crippen MR) is 66.0 cm³/mol. The van der Waals surface area contributed by atoms with Crippen molar-refractivity contribution >= 4 is 28.8 Å². The molecule has 1 aromatic carbocycles. The fourth-order valence-corrected chi connectivity index (χ4v) is 1.73. The number of carbonyl (C=O) groups excluding carboxylic acids is 1. The number of aromatic nitrogens is 1. The number of hydrogen-bond donors (Lipinski definition) is 1. The van der Waals surface area contributed by atoms with Crippen LogP contribution in [0, 0.1) is 11.8 Å². The minimum absolute atomic E-state index is 0.0107. The molecule has 17 heavy (non-hydrogen) atoms. The Hall–Kier alpha value is -2.05. The van der Waals surface area contributed by atoms with Gasteiger partial charge in [-0.15, -0.1) is 0 Å². The number of nitrogens with zero attached hydrogens (tertiary/aromatic N) is 1. The maximum Gasteiger partial charge on any atom is 0.157 e. The van der Waals surface area contributed by atoms with Gasteiger partial charge < -0.3 is 9.90 Å². The molecule has 0 aliphatic heterocycles. The van der Waals surface area contributed by atoms with Crippen LogP contribution >= 0.6 is 11.6 Å². The fourth-order valence-electron chi connectivity index (χ4n) is 1.47. The number of aromatic hydroxyl groups is 1. The standard InChI is InChI=1S/C13H8ClNO2/c14-11-8-9(4-1-2-7-16)13(17)12-10(11)5-3-6-15-12/h3,5-8,17H,2H2. The quantitative estimate of drug-likeness (QED) is 0.620. The van der Waals surface area contributed by atoms with Crippen LogP contribution in [-0.2, 0) is 4.79 Å². The number of pyridine rings is 1. The molecule has 0 unspecified atom stereocenters. The lowest BCUT2D eigenvalue weighted by Gasteiger charge is -2.04. The second kappa shape index (κ2) is 4.86. The Kier molecular flexibility index (Phi) is 3.27. The van der Waals surface area contributed by atoms with E-state index in [1.165, 1.54) is 0 Å². The number of phenolic OH excluding ortho intramolecular Hbond substituents is 1. The Morgan fingerprint density at radius 2 is 2.35 bits per heavy atom. The van der Waals surface area contributed by atoms with E-state index in [0.29, 0.717) is 27.8 Å². The zero-order valence-corrected chi connectivity index (χ0v) is 9.53. The molecule has 0 amide bonds. The Bertz CT molecular complexity index is 641. The summed E-state index contributed by atoms with van der Waals surface area (Å²) in [5, 5.41) is 11.1. The van der Waals surface area contributed by atoms with Gasteiger partial charge in [-0.1, -0.05) is 23.4 Å². The van der Waals surface area contributed by atoms with Crippen molar-refractivity contribution in [2.75, 3.05) is 0 Å². The first-order chi connectivity index (χ1) is 8.24. The van der Waals surface area contributed by atoms with Crippen molar-refractivity contribution in [1.29, 1.82) is 0 Å². The highest BCUT2D eigenvalue weighted by Gasteiger charge is 2.09. The number of phenols is 1. The third kappa shape index (κ3) is 2.22. The molecule has 0 spiro atoms. The van der Waals surface area contributed by atoms with Crippen LogP contribution in [0.25, 0.3) is 10.9 Å². The summed E-state index contributed by atoms with van der Waals surface area (Å²) in [5.41, 5.74) is 0.790. The molecule has 1 N–H and O–H groups in total. The van der Waals surface area contributed by atoms with E-state index in [2.05, 4.69) is 16.8 Å². The highest BCUT2D eigenvalue weighted by Crippen LogP contribution is 2.32. The van der Waals surface area contributed by atoms with Crippen molar-refractivity contribution in [3.05, 3.63) is 35.0 Å². The summed E-state index contributed by atoms with van der Waals surface area (Å²) in [5.74, 6) is 5.30. The monoisotopic (exact) mass is 245 g/mol. The summed E-state index contributed by atoms with van der Waals surface area (Å²) in [6.45, 7) is 0. The van der Waals surface area contributed by atoms with Crippen LogP contribution in [-0.4, -0.2) is 16.4 Å². The summed E-state index contributed by atoms with van der Waals surface area (Å²) < 4.78 is 0. The fraction of sp³-hybridized carbons (Fsp3) is 0.0769. The van der Waals surface area contributed by atoms with Crippen molar-refractivity contribution in [2.24, 2.45) is 0 Å². The zero-order valence-electron chi connectivity index (χ0n) is 8.77. The van der Waals surface area contributed by atoms with E-state index in [0.717, 1.165) is 0 Å². The second-order valence-corrected chi connectivity index (χ2v) is 3.73. The Balaban J connectivity index is 2.64. The Labute approximate surface area is 103 Å². The maximum absolute atomic E-state index is 10.2. The van der Waals surface area contributed by atoms with Crippen molar-refractivity contribution < 1.29 is 9.90 Å². The summed E-state index contributed by atoms with van der Waals surface area (Å²) in [6.07, 6.45) is 2.39. The first-order valence-corrected chi connectivity index (χ1v) is 5.30. The van der Waals surface area contributed by atoms with E-state index in [1.807, 2.05) is 0 Å². The number of fused-ring (bicyclic) bond motifs is 1. The van der Waals surface area contributed by atoms with E-state index < -0.39 is 0 Å². The van der Waals surface area contributed by atoms with Crippen LogP contribution in [0.4, 0.5) is 0 Å². The van der Waals surface area contributed by atoms with E-state index >= 15 is 0 Å². The van der Waals surface area contributed by atoms with Crippen LogP contribution in [0.2, 0.25) is 5.02 Å². The average molecular weight is 246 g/mol. The molecule has 84 valence electrons. The van der Waals surface area contributed by atoms with Gasteiger partial charge in [0, 0.05) is 11.6 Å². The van der Waals surface area contributed by atoms with Crippen LogP contribution < -0.4 is 0 Å². The SMILES string of the molecule is O=CCC#Cc1cc(Cl)c2cccnc2c1O. The van der Waals surface area contributed by atoms with Crippen LogP contribution in [0.1, 0.15) is 12.0 Å². The molecule has 4 heteroatoms. The van der Waals surface area contributed by atoms with E-state index in [9.17, 15) is 9.90 Å². The first kappa shape index (κ1) is 11.4. The zero-order chi connectivity index (χ0) is 12.3. The maximum atomic E-state index is 10.2. The van der Waals surface area contributed by atoms with Gasteiger partial charge in [-0.25, -0.2) is 0 Å². The highest BCUT2D eigenvalue weighted by atomic mass is 35.5. The molecule has 2 aromatic rings. The number of halogens is 1. The van der Waals surface area contributed by atoms with Gasteiger partial charge in [-0.2, -0.15) is 0 Å². The number of rotatable bonds is 1. The topological polar surface area (TPSA) is 50.2 Å². The number of aldehydes is 1. The van der Waals surface area contributed by atoms with Crippen molar-refractivity contribution in [2.45, 2.75) is 6.42 Å². The Morgan fingerprint density at radius 3 is 3.12 bits per heavy atom. The third-order valence-corrected chi connectivity index (χ3v) is 2.54. The number of carbonyl (C=O) groups is 1. The third-order valence-electron chi connectivity index (χ3n) is 2.22. The summed E-state index contributed by atoms with van der Waals surface area (Å²) >= 11 is 6.06. The minimum Gasteiger partial charge on any atom is -0.504 e. The Morgan fingerprint density at radius 1 is 1.53 bits per heavy atom. The van der Waals surface area contributed by atoms with Gasteiger partial charge in [0.05, 0.1) is 17.0 Å². The van der Waals surface area contributed by atoms with E-state index in [1.54, 1.807) is 24.4 Å². The molecular formula is C13H8ClNO2. The van der Waals surface area contributed by atoms with Gasteiger partial charge in [0.15, 0.2) is 5.75 Å². The number of benzene rings is 1. The molecule has 0 saturated heterocycles. The molecule has 3 nitrogen and oxygen atoms in total. The lowest BCUT2D eigenvalue weighted by molar-refractivity contribution is -0.107. The molecular weight excluding hydrogens is 238 g/mol. The molecule has 0 aliphatic rings. The predicted octanol–water partition coefficient (Wildman–Crippen LogP) is 2.53. The number of hydrogen-bond acceptors (Lipinski definition) is 3. The molecule has 1 heterocycles. The molecule has 0 fully saturated rings. The minimum atomic E-state index is -0.0107. The van der Waals surface area contributed by atoms with Crippen molar-refractivity contribution in [1.82, 2.24) is 4.98 Å². The molecule has 0 bridgehead atoms. The van der Waals surface area contributed by atoms with Gasteiger partial charge >= 0.3 is 0 Å². The molecule has 0 radical (unpaired) electrons. The smallest absolute Gasteiger partial charge is 0.157 e. The second-order valence-electron chi connectivity index (χ2n) is 3.33. The first-order valence-electron chi connectivity index (χ1n) is 4.92. The molecule has 0 saturated carbocycles. The van der Waals surface area contributed by atoms with Crippen LogP contribution in [0.3, 0.4) is 0 Å². The normalized spacial score (nSPS) is 9.71. The van der Waals surface area contributed by atoms with Gasteiger partial charge in [0.2, 0.25) is 0 Å². The molecule has 2 rings (SSSR count). The summed E-state index contributed by atoms with van der Waals surface area (Å²) in [4.78, 5) is 14.2. The highest BCUT2D eigenvalue weighted by molar-refractivity contribution is 6.35. The van der Waals surface area contributed by atoms with E-state index in [4.69, 9.17) is 11.6 Å².